The van der Waals surface area contributed by atoms with Crippen molar-refractivity contribution in [1.29, 1.82) is 0 Å². The molecule has 7 nitrogen and oxygen atoms in total. The van der Waals surface area contributed by atoms with Crippen molar-refractivity contribution in [3.63, 3.8) is 0 Å². The van der Waals surface area contributed by atoms with Crippen LogP contribution in [0.4, 0.5) is 0 Å². The lowest BCUT2D eigenvalue weighted by atomic mass is 10.2. The van der Waals surface area contributed by atoms with E-state index in [-0.39, 0.29) is 17.9 Å². The average molecular weight is 313 g/mol. The highest BCUT2D eigenvalue weighted by molar-refractivity contribution is 5.90. The van der Waals surface area contributed by atoms with Gasteiger partial charge in [0.2, 0.25) is 0 Å². The molecule has 7 heteroatoms. The van der Waals surface area contributed by atoms with Crippen LogP contribution in [0.1, 0.15) is 13.8 Å². The van der Waals surface area contributed by atoms with E-state index in [1.807, 2.05) is 38.1 Å². The van der Waals surface area contributed by atoms with Gasteiger partial charge in [-0.05, 0) is 26.0 Å². The Bertz CT molecular complexity index is 906. The Morgan fingerprint density at radius 2 is 1.96 bits per heavy atom. The number of nitrogens with zero attached hydrogens (tertiary/aromatic N) is 5. The van der Waals surface area contributed by atoms with Crippen LogP contribution in [0, 0.1) is 0 Å². The van der Waals surface area contributed by atoms with E-state index in [1.54, 1.807) is 6.33 Å². The standard InChI is InChI=1S/C16H19N5O2/c1-11-7-19(8-12(2)23-11)10-21-16(22)20-9-17-14-6-4-3-5-13(14)15(20)18-21/h3-6,9,11-12H,7-8,10H2,1-2H3/t11-,12-/m1/s1. The zero-order valence-corrected chi connectivity index (χ0v) is 13.2. The van der Waals surface area contributed by atoms with Gasteiger partial charge < -0.3 is 4.74 Å². The Morgan fingerprint density at radius 1 is 1.22 bits per heavy atom. The molecule has 1 aromatic carbocycles. The summed E-state index contributed by atoms with van der Waals surface area (Å²) in [4.78, 5) is 19.1. The fourth-order valence-corrected chi connectivity index (χ4v) is 3.28. The summed E-state index contributed by atoms with van der Waals surface area (Å²) in [5, 5.41) is 5.41. The van der Waals surface area contributed by atoms with Gasteiger partial charge in [-0.15, -0.1) is 5.10 Å². The van der Waals surface area contributed by atoms with E-state index in [4.69, 9.17) is 4.74 Å². The molecule has 0 N–H and O–H groups in total. The molecule has 23 heavy (non-hydrogen) atoms. The van der Waals surface area contributed by atoms with Crippen molar-refractivity contribution in [3.8, 4) is 0 Å². The Labute approximate surface area is 133 Å². The fourth-order valence-electron chi connectivity index (χ4n) is 3.28. The molecule has 4 rings (SSSR count). The third kappa shape index (κ3) is 2.51. The highest BCUT2D eigenvalue weighted by Crippen LogP contribution is 2.15. The number of hydrogen-bond acceptors (Lipinski definition) is 5. The average Bonchev–Trinajstić information content (AvgIpc) is 2.83. The van der Waals surface area contributed by atoms with Crippen molar-refractivity contribution in [2.75, 3.05) is 13.1 Å². The van der Waals surface area contributed by atoms with E-state index < -0.39 is 0 Å². The number of benzene rings is 1. The molecule has 120 valence electrons. The molecule has 0 amide bonds. The van der Waals surface area contributed by atoms with Gasteiger partial charge in [0.05, 0.1) is 24.4 Å². The van der Waals surface area contributed by atoms with Crippen LogP contribution in [0.5, 0.6) is 0 Å². The van der Waals surface area contributed by atoms with E-state index in [0.29, 0.717) is 12.3 Å². The van der Waals surface area contributed by atoms with Gasteiger partial charge in [-0.1, -0.05) is 12.1 Å². The summed E-state index contributed by atoms with van der Waals surface area (Å²) in [5.41, 5.74) is 1.32. The SMILES string of the molecule is C[C@@H]1CN(Cn2nc3c4ccccc4ncn3c2=O)C[C@@H](C)O1. The summed E-state index contributed by atoms with van der Waals surface area (Å²) in [6, 6.07) is 7.72. The molecule has 0 radical (unpaired) electrons. The Kier molecular flexibility index (Phi) is 3.39. The maximum absolute atomic E-state index is 12.6. The van der Waals surface area contributed by atoms with E-state index >= 15 is 0 Å². The second-order valence-corrected chi connectivity index (χ2v) is 6.17. The molecule has 1 saturated heterocycles. The largest absolute Gasteiger partial charge is 0.373 e. The molecule has 1 aliphatic heterocycles. The lowest BCUT2D eigenvalue weighted by Gasteiger charge is -2.34. The van der Waals surface area contributed by atoms with Crippen molar-refractivity contribution >= 4 is 16.6 Å². The minimum Gasteiger partial charge on any atom is -0.373 e. The van der Waals surface area contributed by atoms with Crippen molar-refractivity contribution in [2.45, 2.75) is 32.7 Å². The molecule has 0 bridgehead atoms. The number of para-hydroxylation sites is 1. The number of ether oxygens (including phenoxy) is 1. The fraction of sp³-hybridized carbons (Fsp3) is 0.438. The van der Waals surface area contributed by atoms with Crippen LogP contribution < -0.4 is 5.69 Å². The summed E-state index contributed by atoms with van der Waals surface area (Å²) < 4.78 is 8.75. The van der Waals surface area contributed by atoms with Crippen LogP contribution in [0.25, 0.3) is 16.6 Å². The molecule has 1 fully saturated rings. The van der Waals surface area contributed by atoms with Crippen LogP contribution in [0.15, 0.2) is 35.4 Å². The normalized spacial score (nSPS) is 22.9. The number of rotatable bonds is 2. The lowest BCUT2D eigenvalue weighted by Crippen LogP contribution is -2.47. The lowest BCUT2D eigenvalue weighted by molar-refractivity contribution is -0.0778. The summed E-state index contributed by atoms with van der Waals surface area (Å²) in [7, 11) is 0. The first-order chi connectivity index (χ1) is 11.1. The highest BCUT2D eigenvalue weighted by Gasteiger charge is 2.23. The van der Waals surface area contributed by atoms with Crippen molar-refractivity contribution in [1.82, 2.24) is 24.1 Å². The number of fused-ring (bicyclic) bond motifs is 3. The number of morpholine rings is 1. The maximum atomic E-state index is 12.6. The molecular weight excluding hydrogens is 294 g/mol. The molecule has 3 aromatic rings. The van der Waals surface area contributed by atoms with Gasteiger partial charge in [0.25, 0.3) is 0 Å². The molecule has 0 spiro atoms. The van der Waals surface area contributed by atoms with Gasteiger partial charge in [-0.3, -0.25) is 4.90 Å². The van der Waals surface area contributed by atoms with Crippen molar-refractivity contribution in [2.24, 2.45) is 0 Å². The predicted octanol–water partition coefficient (Wildman–Crippen LogP) is 1.11. The van der Waals surface area contributed by atoms with Crippen LogP contribution in [0.3, 0.4) is 0 Å². The third-order valence-electron chi connectivity index (χ3n) is 4.16. The molecule has 0 unspecified atom stereocenters. The minimum absolute atomic E-state index is 0.161. The van der Waals surface area contributed by atoms with Gasteiger partial charge in [0, 0.05) is 18.5 Å². The Hall–Kier alpha value is -2.25. The third-order valence-corrected chi connectivity index (χ3v) is 4.16. The second-order valence-electron chi connectivity index (χ2n) is 6.17. The number of hydrogen-bond donors (Lipinski definition) is 0. The summed E-state index contributed by atoms with van der Waals surface area (Å²) in [6.45, 7) is 6.15. The molecule has 0 aliphatic carbocycles. The second kappa shape index (κ2) is 5.43. The predicted molar refractivity (Wildman–Crippen MR) is 86.3 cm³/mol. The van der Waals surface area contributed by atoms with Crippen LogP contribution in [-0.2, 0) is 11.4 Å². The molecular formula is C16H19N5O2. The van der Waals surface area contributed by atoms with Crippen LogP contribution in [-0.4, -0.2) is 49.4 Å². The molecule has 3 heterocycles. The Morgan fingerprint density at radius 3 is 2.74 bits per heavy atom. The van der Waals surface area contributed by atoms with E-state index in [0.717, 1.165) is 24.0 Å². The van der Waals surface area contributed by atoms with Gasteiger partial charge in [-0.2, -0.15) is 4.68 Å². The number of aromatic nitrogens is 4. The first-order valence-electron chi connectivity index (χ1n) is 7.82. The smallest absolute Gasteiger partial charge is 0.352 e. The first-order valence-corrected chi connectivity index (χ1v) is 7.82. The van der Waals surface area contributed by atoms with E-state index in [1.165, 1.54) is 9.08 Å². The molecule has 2 aromatic heterocycles. The van der Waals surface area contributed by atoms with Gasteiger partial charge >= 0.3 is 5.69 Å². The van der Waals surface area contributed by atoms with Gasteiger partial charge in [0.1, 0.15) is 6.33 Å². The summed E-state index contributed by atoms with van der Waals surface area (Å²) in [6.07, 6.45) is 1.87. The zero-order chi connectivity index (χ0) is 16.0. The van der Waals surface area contributed by atoms with Gasteiger partial charge in [0.15, 0.2) is 5.65 Å². The van der Waals surface area contributed by atoms with Gasteiger partial charge in [-0.25, -0.2) is 14.2 Å². The first kappa shape index (κ1) is 14.3. The maximum Gasteiger partial charge on any atom is 0.352 e. The zero-order valence-electron chi connectivity index (χ0n) is 13.2. The van der Waals surface area contributed by atoms with Crippen LogP contribution in [0.2, 0.25) is 0 Å². The van der Waals surface area contributed by atoms with E-state index in [9.17, 15) is 4.79 Å². The molecule has 1 aliphatic rings. The highest BCUT2D eigenvalue weighted by atomic mass is 16.5. The summed E-state index contributed by atoms with van der Waals surface area (Å²) in [5.74, 6) is 0. The molecule has 0 saturated carbocycles. The van der Waals surface area contributed by atoms with Crippen molar-refractivity contribution < 1.29 is 4.74 Å². The molecule has 2 atom stereocenters. The quantitative estimate of drug-likeness (QED) is 0.709. The summed E-state index contributed by atoms with van der Waals surface area (Å²) >= 11 is 0. The topological polar surface area (TPSA) is 64.7 Å². The van der Waals surface area contributed by atoms with Crippen molar-refractivity contribution in [3.05, 3.63) is 41.1 Å². The van der Waals surface area contributed by atoms with E-state index in [2.05, 4.69) is 15.0 Å². The Balaban J connectivity index is 1.74. The monoisotopic (exact) mass is 313 g/mol. The van der Waals surface area contributed by atoms with Crippen LogP contribution >= 0.6 is 0 Å². The minimum atomic E-state index is -0.162.